The first-order chi connectivity index (χ1) is 11.8. The predicted octanol–water partition coefficient (Wildman–Crippen LogP) is 7.50. The Labute approximate surface area is 149 Å². The number of rotatable bonds is 18. The molecule has 0 fully saturated rings. The van der Waals surface area contributed by atoms with E-state index in [0.29, 0.717) is 6.61 Å². The highest BCUT2D eigenvalue weighted by Crippen LogP contribution is 2.11. The van der Waals surface area contributed by atoms with E-state index in [1.165, 1.54) is 89.9 Å². The Balaban J connectivity index is 3.07. The Morgan fingerprint density at radius 2 is 1.12 bits per heavy atom. The van der Waals surface area contributed by atoms with Crippen molar-refractivity contribution in [1.29, 1.82) is 0 Å². The molecule has 142 valence electrons. The minimum absolute atomic E-state index is 0.344. The van der Waals surface area contributed by atoms with E-state index in [9.17, 15) is 4.79 Å². The second kappa shape index (κ2) is 20.1. The van der Waals surface area contributed by atoms with Crippen LogP contribution in [0.3, 0.4) is 0 Å². The summed E-state index contributed by atoms with van der Waals surface area (Å²) in [4.78, 5) is 10.2. The molecule has 0 amide bonds. The van der Waals surface area contributed by atoms with Gasteiger partial charge in [0.15, 0.2) is 0 Å². The molecule has 0 saturated heterocycles. The molecule has 0 aliphatic rings. The second-order valence-electron chi connectivity index (χ2n) is 6.76. The summed E-state index contributed by atoms with van der Waals surface area (Å²) < 4.78 is 4.48. The highest BCUT2D eigenvalue weighted by molar-refractivity contribution is 5.56. The standard InChI is InChI=1S/C21H40O3/c1-2-3-4-5-6-7-8-9-10-11-12-13-14-15-16-17-18-19-20-24-21(22)23/h11-12H,2-10,13-20H2,1H3,(H,22,23). The van der Waals surface area contributed by atoms with Gasteiger partial charge in [-0.2, -0.15) is 0 Å². The molecule has 0 aromatic carbocycles. The van der Waals surface area contributed by atoms with Crippen LogP contribution in [0.15, 0.2) is 12.2 Å². The molecular weight excluding hydrogens is 300 g/mol. The Morgan fingerprint density at radius 3 is 1.58 bits per heavy atom. The Kier molecular flexibility index (Phi) is 19.2. The van der Waals surface area contributed by atoms with Crippen molar-refractivity contribution >= 4 is 6.16 Å². The van der Waals surface area contributed by atoms with Crippen molar-refractivity contribution in [2.24, 2.45) is 0 Å². The zero-order valence-electron chi connectivity index (χ0n) is 15.9. The first kappa shape index (κ1) is 23.0. The number of allylic oxidation sites excluding steroid dienone is 2. The summed E-state index contributed by atoms with van der Waals surface area (Å²) in [5, 5.41) is 8.33. The smallest absolute Gasteiger partial charge is 0.450 e. The van der Waals surface area contributed by atoms with E-state index in [0.717, 1.165) is 12.8 Å². The normalized spacial score (nSPS) is 11.2. The number of carboxylic acid groups (broad SMARTS) is 1. The van der Waals surface area contributed by atoms with Crippen LogP contribution in [-0.2, 0) is 4.74 Å². The van der Waals surface area contributed by atoms with Crippen molar-refractivity contribution in [1.82, 2.24) is 0 Å². The van der Waals surface area contributed by atoms with Crippen LogP contribution in [0.5, 0.6) is 0 Å². The van der Waals surface area contributed by atoms with E-state index < -0.39 is 6.16 Å². The third kappa shape index (κ3) is 21.0. The van der Waals surface area contributed by atoms with Crippen LogP contribution in [-0.4, -0.2) is 17.9 Å². The first-order valence-electron chi connectivity index (χ1n) is 10.3. The maximum atomic E-state index is 10.2. The monoisotopic (exact) mass is 340 g/mol. The van der Waals surface area contributed by atoms with Gasteiger partial charge in [-0.15, -0.1) is 0 Å². The predicted molar refractivity (Wildman–Crippen MR) is 103 cm³/mol. The summed E-state index contributed by atoms with van der Waals surface area (Å²) in [5.41, 5.74) is 0. The zero-order valence-corrected chi connectivity index (χ0v) is 15.9. The molecular formula is C21H40O3. The van der Waals surface area contributed by atoms with Gasteiger partial charge >= 0.3 is 6.16 Å². The Morgan fingerprint density at radius 1 is 0.708 bits per heavy atom. The van der Waals surface area contributed by atoms with Gasteiger partial charge < -0.3 is 9.84 Å². The van der Waals surface area contributed by atoms with Crippen molar-refractivity contribution in [2.45, 2.75) is 110 Å². The van der Waals surface area contributed by atoms with Crippen molar-refractivity contribution < 1.29 is 14.6 Å². The number of carbonyl (C=O) groups is 1. The van der Waals surface area contributed by atoms with E-state index in [1.54, 1.807) is 0 Å². The summed E-state index contributed by atoms with van der Waals surface area (Å²) in [6.45, 7) is 2.61. The number of unbranched alkanes of at least 4 members (excludes halogenated alkanes) is 14. The molecule has 0 radical (unpaired) electrons. The lowest BCUT2D eigenvalue weighted by atomic mass is 10.1. The van der Waals surface area contributed by atoms with Crippen LogP contribution in [0.4, 0.5) is 4.79 Å². The topological polar surface area (TPSA) is 46.5 Å². The molecule has 0 aliphatic heterocycles. The van der Waals surface area contributed by atoms with Gasteiger partial charge in [-0.1, -0.05) is 89.7 Å². The average Bonchev–Trinajstić information content (AvgIpc) is 2.56. The van der Waals surface area contributed by atoms with E-state index in [4.69, 9.17) is 5.11 Å². The molecule has 0 aliphatic carbocycles. The van der Waals surface area contributed by atoms with Crippen LogP contribution in [0, 0.1) is 0 Å². The third-order valence-electron chi connectivity index (χ3n) is 4.38. The first-order valence-corrected chi connectivity index (χ1v) is 10.3. The molecule has 0 aromatic rings. The highest BCUT2D eigenvalue weighted by Gasteiger charge is 1.95. The number of hydrogen-bond donors (Lipinski definition) is 1. The summed E-state index contributed by atoms with van der Waals surface area (Å²) in [6, 6.07) is 0. The van der Waals surface area contributed by atoms with Crippen LogP contribution >= 0.6 is 0 Å². The summed E-state index contributed by atoms with van der Waals surface area (Å²) in [7, 11) is 0. The van der Waals surface area contributed by atoms with Crippen LogP contribution in [0.2, 0.25) is 0 Å². The quantitative estimate of drug-likeness (QED) is 0.160. The molecule has 3 heteroatoms. The van der Waals surface area contributed by atoms with Gasteiger partial charge in [0.25, 0.3) is 0 Å². The van der Waals surface area contributed by atoms with Crippen LogP contribution in [0.25, 0.3) is 0 Å². The molecule has 0 unspecified atom stereocenters. The van der Waals surface area contributed by atoms with Crippen molar-refractivity contribution in [3.8, 4) is 0 Å². The lowest BCUT2D eigenvalue weighted by Gasteiger charge is -2.01. The molecule has 0 aromatic heterocycles. The molecule has 0 rings (SSSR count). The Hall–Kier alpha value is -0.990. The van der Waals surface area contributed by atoms with Crippen molar-refractivity contribution in [2.75, 3.05) is 6.61 Å². The second-order valence-corrected chi connectivity index (χ2v) is 6.76. The van der Waals surface area contributed by atoms with Crippen LogP contribution in [0.1, 0.15) is 110 Å². The van der Waals surface area contributed by atoms with Gasteiger partial charge in [0.2, 0.25) is 0 Å². The lowest BCUT2D eigenvalue weighted by Crippen LogP contribution is -2.01. The van der Waals surface area contributed by atoms with Crippen molar-refractivity contribution in [3.63, 3.8) is 0 Å². The summed E-state index contributed by atoms with van der Waals surface area (Å²) in [5.74, 6) is 0. The minimum atomic E-state index is -1.16. The summed E-state index contributed by atoms with van der Waals surface area (Å²) >= 11 is 0. The lowest BCUT2D eigenvalue weighted by molar-refractivity contribution is 0.0899. The molecule has 3 nitrogen and oxygen atoms in total. The zero-order chi connectivity index (χ0) is 17.7. The molecule has 0 bridgehead atoms. The van der Waals surface area contributed by atoms with Crippen LogP contribution < -0.4 is 0 Å². The number of hydrogen-bond acceptors (Lipinski definition) is 2. The SMILES string of the molecule is CCCCCCCCCCC=CCCCCCCCCOC(=O)O. The van der Waals surface area contributed by atoms with Gasteiger partial charge in [0.1, 0.15) is 0 Å². The molecule has 0 saturated carbocycles. The largest absolute Gasteiger partial charge is 0.505 e. The average molecular weight is 341 g/mol. The maximum Gasteiger partial charge on any atom is 0.505 e. The van der Waals surface area contributed by atoms with Gasteiger partial charge in [-0.05, 0) is 32.1 Å². The third-order valence-corrected chi connectivity index (χ3v) is 4.38. The van der Waals surface area contributed by atoms with E-state index in [-0.39, 0.29) is 0 Å². The highest BCUT2D eigenvalue weighted by atomic mass is 16.7. The fraction of sp³-hybridized carbons (Fsp3) is 0.857. The Bertz CT molecular complexity index is 287. The number of ether oxygens (including phenoxy) is 1. The fourth-order valence-corrected chi connectivity index (χ4v) is 2.86. The van der Waals surface area contributed by atoms with Gasteiger partial charge in [-0.25, -0.2) is 4.79 Å². The molecule has 0 atom stereocenters. The van der Waals surface area contributed by atoms with E-state index >= 15 is 0 Å². The van der Waals surface area contributed by atoms with Gasteiger partial charge in [0.05, 0.1) is 6.61 Å². The molecule has 24 heavy (non-hydrogen) atoms. The minimum Gasteiger partial charge on any atom is -0.450 e. The van der Waals surface area contributed by atoms with Gasteiger partial charge in [0, 0.05) is 0 Å². The maximum absolute atomic E-state index is 10.2. The van der Waals surface area contributed by atoms with Crippen molar-refractivity contribution in [3.05, 3.63) is 12.2 Å². The van der Waals surface area contributed by atoms with Gasteiger partial charge in [-0.3, -0.25) is 0 Å². The summed E-state index contributed by atoms with van der Waals surface area (Å²) in [6.07, 6.45) is 24.1. The molecule has 0 heterocycles. The van der Waals surface area contributed by atoms with E-state index in [2.05, 4.69) is 23.8 Å². The van der Waals surface area contributed by atoms with E-state index in [1.807, 2.05) is 0 Å². The fourth-order valence-electron chi connectivity index (χ4n) is 2.86. The molecule has 1 N–H and O–H groups in total. The molecule has 0 spiro atoms.